The zero-order chi connectivity index (χ0) is 12.1. The normalized spacial score (nSPS) is 12.3. The van der Waals surface area contributed by atoms with Crippen LogP contribution in [-0.4, -0.2) is 9.38 Å². The van der Waals surface area contributed by atoms with Crippen LogP contribution in [0.4, 0.5) is 19.0 Å². The highest BCUT2D eigenvalue weighted by Crippen LogP contribution is 2.32. The number of alkyl halides is 3. The van der Waals surface area contributed by atoms with Crippen molar-refractivity contribution in [1.29, 1.82) is 0 Å². The predicted molar refractivity (Wildman–Crippen MR) is 62.1 cm³/mol. The number of aryl methyl sites for hydroxylation is 1. The highest BCUT2D eigenvalue weighted by molar-refractivity contribution is 14.1. The number of nitrogens with two attached hydrogens (primary N) is 1. The Balaban J connectivity index is 2.80. The molecule has 0 aliphatic heterocycles. The number of fused-ring (bicyclic) bond motifs is 1. The summed E-state index contributed by atoms with van der Waals surface area (Å²) in [7, 11) is 0. The van der Waals surface area contributed by atoms with Crippen molar-refractivity contribution in [3.05, 3.63) is 27.1 Å². The first-order chi connectivity index (χ1) is 7.30. The number of nitrogens with zero attached hydrogens (tertiary/aromatic N) is 2. The molecule has 7 heteroatoms. The lowest BCUT2D eigenvalue weighted by atomic mass is 10.3. The Kier molecular flexibility index (Phi) is 2.52. The Hall–Kier alpha value is -0.990. The molecule has 2 rings (SSSR count). The molecule has 2 aromatic rings. The molecule has 2 heterocycles. The van der Waals surface area contributed by atoms with E-state index in [0.717, 1.165) is 12.3 Å². The maximum Gasteiger partial charge on any atom is 0.417 e. The van der Waals surface area contributed by atoms with E-state index in [9.17, 15) is 13.2 Å². The van der Waals surface area contributed by atoms with Gasteiger partial charge in [0.05, 0.1) is 14.8 Å². The standard InChI is InChI=1S/C9H7F3IN3/c1-4-7(14)16-3-5(9(10,11)12)2-6(13)8(16)15-4/h2-3H,14H2,1H3. The number of rotatable bonds is 0. The van der Waals surface area contributed by atoms with E-state index in [2.05, 4.69) is 4.98 Å². The van der Waals surface area contributed by atoms with E-state index in [-0.39, 0.29) is 5.82 Å². The van der Waals surface area contributed by atoms with E-state index >= 15 is 0 Å². The highest BCUT2D eigenvalue weighted by atomic mass is 127. The largest absolute Gasteiger partial charge is 0.417 e. The van der Waals surface area contributed by atoms with Crippen molar-refractivity contribution in [3.63, 3.8) is 0 Å². The van der Waals surface area contributed by atoms with Crippen LogP contribution in [0.2, 0.25) is 0 Å². The Morgan fingerprint density at radius 2 is 2.06 bits per heavy atom. The smallest absolute Gasteiger partial charge is 0.383 e. The van der Waals surface area contributed by atoms with Crippen LogP contribution in [0.1, 0.15) is 11.3 Å². The third kappa shape index (κ3) is 1.72. The molecule has 0 aliphatic carbocycles. The summed E-state index contributed by atoms with van der Waals surface area (Å²) in [4.78, 5) is 4.10. The number of nitrogen functional groups attached to an aromatic ring is 1. The van der Waals surface area contributed by atoms with Crippen LogP contribution in [0.15, 0.2) is 12.3 Å². The quantitative estimate of drug-likeness (QED) is 0.749. The fraction of sp³-hybridized carbons (Fsp3) is 0.222. The van der Waals surface area contributed by atoms with Gasteiger partial charge in [-0.1, -0.05) is 0 Å². The molecule has 0 aliphatic rings. The summed E-state index contributed by atoms with van der Waals surface area (Å²) in [6.45, 7) is 1.66. The van der Waals surface area contributed by atoms with E-state index in [1.54, 1.807) is 6.92 Å². The van der Waals surface area contributed by atoms with Crippen molar-refractivity contribution in [2.45, 2.75) is 13.1 Å². The Morgan fingerprint density at radius 1 is 1.44 bits per heavy atom. The molecule has 2 N–H and O–H groups in total. The first kappa shape index (κ1) is 11.5. The molecule has 0 radical (unpaired) electrons. The summed E-state index contributed by atoms with van der Waals surface area (Å²) in [5, 5.41) is 0. The van der Waals surface area contributed by atoms with Gasteiger partial charge < -0.3 is 5.73 Å². The van der Waals surface area contributed by atoms with Gasteiger partial charge in [0.1, 0.15) is 5.82 Å². The second-order valence-corrected chi connectivity index (χ2v) is 4.51. The zero-order valence-corrected chi connectivity index (χ0v) is 10.3. The third-order valence-electron chi connectivity index (χ3n) is 2.22. The van der Waals surface area contributed by atoms with Crippen molar-refractivity contribution in [3.8, 4) is 0 Å². The van der Waals surface area contributed by atoms with E-state index in [1.807, 2.05) is 22.6 Å². The number of anilines is 1. The molecule has 0 saturated carbocycles. The van der Waals surface area contributed by atoms with Gasteiger partial charge in [-0.15, -0.1) is 0 Å². The molecule has 86 valence electrons. The molecule has 0 spiro atoms. The van der Waals surface area contributed by atoms with Crippen molar-refractivity contribution < 1.29 is 13.2 Å². The molecule has 0 aromatic carbocycles. The number of pyridine rings is 1. The van der Waals surface area contributed by atoms with Gasteiger partial charge >= 0.3 is 6.18 Å². The summed E-state index contributed by atoms with van der Waals surface area (Å²) < 4.78 is 39.4. The van der Waals surface area contributed by atoms with Crippen LogP contribution >= 0.6 is 22.6 Å². The minimum absolute atomic E-state index is 0.235. The third-order valence-corrected chi connectivity index (χ3v) is 3.02. The van der Waals surface area contributed by atoms with Gasteiger partial charge in [0.25, 0.3) is 0 Å². The lowest BCUT2D eigenvalue weighted by Crippen LogP contribution is -2.08. The Morgan fingerprint density at radius 3 is 2.62 bits per heavy atom. The maximum atomic E-state index is 12.6. The molecule has 3 nitrogen and oxygen atoms in total. The molecular weight excluding hydrogens is 334 g/mol. The molecule has 0 unspecified atom stereocenters. The second-order valence-electron chi connectivity index (χ2n) is 3.35. The molecule has 0 saturated heterocycles. The second kappa shape index (κ2) is 3.51. The molecule has 16 heavy (non-hydrogen) atoms. The van der Waals surface area contributed by atoms with Gasteiger partial charge in [0.2, 0.25) is 0 Å². The van der Waals surface area contributed by atoms with Gasteiger partial charge in [-0.05, 0) is 35.6 Å². The predicted octanol–water partition coefficient (Wildman–Crippen LogP) is 2.85. The van der Waals surface area contributed by atoms with Gasteiger partial charge in [-0.3, -0.25) is 4.40 Å². The Bertz CT molecular complexity index is 559. The van der Waals surface area contributed by atoms with E-state index < -0.39 is 11.7 Å². The van der Waals surface area contributed by atoms with Crippen molar-refractivity contribution in [2.24, 2.45) is 0 Å². The minimum atomic E-state index is -4.38. The number of hydrogen-bond donors (Lipinski definition) is 1. The topological polar surface area (TPSA) is 43.3 Å². The SMILES string of the molecule is Cc1nc2c(I)cc(C(F)(F)F)cn2c1N. The lowest BCUT2D eigenvalue weighted by Gasteiger charge is -2.08. The molecule has 0 amide bonds. The van der Waals surface area contributed by atoms with Crippen molar-refractivity contribution in [1.82, 2.24) is 9.38 Å². The van der Waals surface area contributed by atoms with Crippen LogP contribution < -0.4 is 5.73 Å². The molecular formula is C9H7F3IN3. The van der Waals surface area contributed by atoms with Gasteiger partial charge in [0.15, 0.2) is 5.65 Å². The minimum Gasteiger partial charge on any atom is -0.383 e. The average molecular weight is 341 g/mol. The van der Waals surface area contributed by atoms with Gasteiger partial charge in [-0.2, -0.15) is 13.2 Å². The average Bonchev–Trinajstić information content (AvgIpc) is 2.44. The Labute approximate surface area is 103 Å². The summed E-state index contributed by atoms with van der Waals surface area (Å²) >= 11 is 1.81. The van der Waals surface area contributed by atoms with Crippen LogP contribution in [0.5, 0.6) is 0 Å². The lowest BCUT2D eigenvalue weighted by molar-refractivity contribution is -0.137. The molecule has 0 bridgehead atoms. The first-order valence-electron chi connectivity index (χ1n) is 4.31. The van der Waals surface area contributed by atoms with Crippen LogP contribution in [-0.2, 0) is 6.18 Å². The first-order valence-corrected chi connectivity index (χ1v) is 5.39. The molecule has 0 atom stereocenters. The van der Waals surface area contributed by atoms with Gasteiger partial charge in [0, 0.05) is 6.20 Å². The van der Waals surface area contributed by atoms with Crippen molar-refractivity contribution >= 4 is 34.1 Å². The van der Waals surface area contributed by atoms with E-state index in [0.29, 0.717) is 14.9 Å². The van der Waals surface area contributed by atoms with Crippen LogP contribution in [0.3, 0.4) is 0 Å². The summed E-state index contributed by atoms with van der Waals surface area (Å²) in [6, 6.07) is 1.06. The fourth-order valence-electron chi connectivity index (χ4n) is 1.39. The van der Waals surface area contributed by atoms with Crippen molar-refractivity contribution in [2.75, 3.05) is 5.73 Å². The van der Waals surface area contributed by atoms with Gasteiger partial charge in [-0.25, -0.2) is 4.98 Å². The van der Waals surface area contributed by atoms with Crippen LogP contribution in [0, 0.1) is 10.5 Å². The monoisotopic (exact) mass is 341 g/mol. The number of hydrogen-bond acceptors (Lipinski definition) is 2. The highest BCUT2D eigenvalue weighted by Gasteiger charge is 2.32. The maximum absolute atomic E-state index is 12.6. The number of halogens is 4. The molecule has 2 aromatic heterocycles. The fourth-order valence-corrected chi connectivity index (χ4v) is 2.11. The summed E-state index contributed by atoms with van der Waals surface area (Å²) in [5.41, 5.74) is 5.89. The number of imidazole rings is 1. The van der Waals surface area contributed by atoms with Crippen LogP contribution in [0.25, 0.3) is 5.65 Å². The van der Waals surface area contributed by atoms with E-state index in [1.165, 1.54) is 4.40 Å². The molecule has 0 fully saturated rings. The summed E-state index contributed by atoms with van der Waals surface area (Å²) in [6.07, 6.45) is -3.41. The van der Waals surface area contributed by atoms with E-state index in [4.69, 9.17) is 5.73 Å². The number of aromatic nitrogens is 2. The summed E-state index contributed by atoms with van der Waals surface area (Å²) in [5.74, 6) is 0.235. The zero-order valence-electron chi connectivity index (χ0n) is 8.14.